The van der Waals surface area contributed by atoms with Crippen LogP contribution in [0.1, 0.15) is 26.2 Å². The van der Waals surface area contributed by atoms with E-state index in [4.69, 9.17) is 0 Å². The van der Waals surface area contributed by atoms with Gasteiger partial charge in [-0.3, -0.25) is 23.5 Å². The Morgan fingerprint density at radius 2 is 1.18 bits per heavy atom. The van der Waals surface area contributed by atoms with E-state index in [1.54, 1.807) is 0 Å². The molecule has 0 radical (unpaired) electrons. The molecule has 0 aromatic rings. The molecule has 0 aliphatic heterocycles. The molecule has 0 aromatic carbocycles. The summed E-state index contributed by atoms with van der Waals surface area (Å²) in [5.41, 5.74) is 0. The summed E-state index contributed by atoms with van der Waals surface area (Å²) < 4.78 is 0. The average Bonchev–Trinajstić information content (AvgIpc) is 1.61. The lowest BCUT2D eigenvalue weighted by Gasteiger charge is -1.85. The predicted molar refractivity (Wildman–Crippen MR) is 45.9 cm³/mol. The minimum Gasteiger partial charge on any atom is -0.269 e. The molecule has 0 fully saturated rings. The summed E-state index contributed by atoms with van der Waals surface area (Å²) in [5.74, 6) is 1.05. The minimum absolute atomic E-state index is 0. The van der Waals surface area contributed by atoms with Crippen molar-refractivity contribution in [1.82, 2.24) is 0 Å². The minimum atomic E-state index is 0. The second-order valence-corrected chi connectivity index (χ2v) is 1.88. The van der Waals surface area contributed by atoms with Crippen molar-refractivity contribution in [1.29, 1.82) is 0 Å². The Hall–Kier alpha value is -0.0000000000000000555. The summed E-state index contributed by atoms with van der Waals surface area (Å²) in [4.78, 5) is 0. The van der Waals surface area contributed by atoms with Gasteiger partial charge < -0.3 is 0 Å². The molecule has 0 aliphatic carbocycles. The van der Waals surface area contributed by atoms with E-state index in [9.17, 15) is 0 Å². The third-order valence-corrected chi connectivity index (χ3v) is 1.08. The van der Waals surface area contributed by atoms with Crippen molar-refractivity contribution in [3.63, 3.8) is 0 Å². The van der Waals surface area contributed by atoms with E-state index in [2.05, 4.69) is 19.6 Å². The van der Waals surface area contributed by atoms with Gasteiger partial charge in [-0.1, -0.05) is 19.8 Å². The summed E-state index contributed by atoms with van der Waals surface area (Å²) in [5, 5.41) is 0. The van der Waals surface area contributed by atoms with Crippen molar-refractivity contribution in [3.05, 3.63) is 0 Å². The molecule has 0 spiro atoms. The maximum Gasteiger partial charge on any atom is -0.00979 e. The third kappa shape index (κ3) is 71.1. The van der Waals surface area contributed by atoms with Gasteiger partial charge in [-0.2, -0.15) is 12.6 Å². The van der Waals surface area contributed by atoms with Gasteiger partial charge in [0.25, 0.3) is 0 Å². The SMILES string of the molecule is CCCCCS.F.F.F.F.F. The van der Waals surface area contributed by atoms with Crippen LogP contribution < -0.4 is 0 Å². The molecule has 0 rings (SSSR count). The van der Waals surface area contributed by atoms with Gasteiger partial charge in [-0.25, -0.2) is 0 Å². The van der Waals surface area contributed by atoms with Crippen LogP contribution in [0.15, 0.2) is 0 Å². The van der Waals surface area contributed by atoms with Crippen molar-refractivity contribution in [2.45, 2.75) is 26.2 Å². The largest absolute Gasteiger partial charge is 0.269 e. The van der Waals surface area contributed by atoms with Gasteiger partial charge in [-0.05, 0) is 12.2 Å². The second-order valence-electron chi connectivity index (χ2n) is 1.43. The van der Waals surface area contributed by atoms with Gasteiger partial charge >= 0.3 is 0 Å². The molecule has 0 saturated carbocycles. The molecular formula is C5H17F5S. The Bertz CT molecular complexity index is 26.8. The topological polar surface area (TPSA) is 0 Å². The molecule has 6 heteroatoms. The number of hydrogen-bond donors (Lipinski definition) is 1. The van der Waals surface area contributed by atoms with E-state index in [1.807, 2.05) is 0 Å². The summed E-state index contributed by atoms with van der Waals surface area (Å²) in [6, 6.07) is 0. The Labute approximate surface area is 69.0 Å². The van der Waals surface area contributed by atoms with Crippen LogP contribution in [0.5, 0.6) is 0 Å². The molecule has 0 saturated heterocycles. The summed E-state index contributed by atoms with van der Waals surface area (Å²) >= 11 is 4.05. The Balaban J connectivity index is -0.0000000125. The molecule has 0 aliphatic rings. The van der Waals surface area contributed by atoms with E-state index < -0.39 is 0 Å². The van der Waals surface area contributed by atoms with Gasteiger partial charge in [0.2, 0.25) is 0 Å². The van der Waals surface area contributed by atoms with E-state index in [-0.39, 0.29) is 23.5 Å². The highest BCUT2D eigenvalue weighted by molar-refractivity contribution is 7.80. The number of hydrogen-bond acceptors (Lipinski definition) is 1. The average molecular weight is 204 g/mol. The predicted octanol–water partition coefficient (Wildman–Crippen LogP) is 2.87. The monoisotopic (exact) mass is 204 g/mol. The van der Waals surface area contributed by atoms with Crippen molar-refractivity contribution >= 4 is 12.6 Å². The first-order valence-electron chi connectivity index (χ1n) is 2.52. The quantitative estimate of drug-likeness (QED) is 0.408. The van der Waals surface area contributed by atoms with Gasteiger partial charge in [0, 0.05) is 0 Å². The molecule has 11 heavy (non-hydrogen) atoms. The highest BCUT2D eigenvalue weighted by Gasteiger charge is 1.75. The van der Waals surface area contributed by atoms with E-state index in [0.717, 1.165) is 5.75 Å². The van der Waals surface area contributed by atoms with Crippen LogP contribution in [0.3, 0.4) is 0 Å². The normalized spacial score (nSPS) is 4.91. The molecule has 0 unspecified atom stereocenters. The van der Waals surface area contributed by atoms with E-state index in [0.29, 0.717) is 0 Å². The fourth-order valence-corrected chi connectivity index (χ4v) is 0.585. The zero-order valence-corrected chi connectivity index (χ0v) is 7.21. The second kappa shape index (κ2) is 50.6. The van der Waals surface area contributed by atoms with Crippen LogP contribution in [-0.4, -0.2) is 5.75 Å². The van der Waals surface area contributed by atoms with Gasteiger partial charge in [-0.15, -0.1) is 0 Å². The van der Waals surface area contributed by atoms with E-state index >= 15 is 0 Å². The van der Waals surface area contributed by atoms with Crippen molar-refractivity contribution < 1.29 is 23.5 Å². The highest BCUT2D eigenvalue weighted by Crippen LogP contribution is 1.93. The summed E-state index contributed by atoms with van der Waals surface area (Å²) in [7, 11) is 0. The van der Waals surface area contributed by atoms with Gasteiger partial charge in [0.05, 0.1) is 0 Å². The maximum absolute atomic E-state index is 4.05. The van der Waals surface area contributed by atoms with E-state index in [1.165, 1.54) is 19.3 Å². The molecule has 0 atom stereocenters. The molecular weight excluding hydrogens is 187 g/mol. The zero-order chi connectivity index (χ0) is 4.83. The zero-order valence-electron chi connectivity index (χ0n) is 6.32. The van der Waals surface area contributed by atoms with Crippen LogP contribution in [0, 0.1) is 0 Å². The molecule has 0 heterocycles. The lowest BCUT2D eigenvalue weighted by atomic mass is 10.3. The Kier molecular flexibility index (Phi) is 202. The number of thiol groups is 1. The number of rotatable bonds is 3. The molecule has 0 nitrogen and oxygen atoms in total. The molecule has 0 N–H and O–H groups in total. The summed E-state index contributed by atoms with van der Waals surface area (Å²) in [6.45, 7) is 2.20. The highest BCUT2D eigenvalue weighted by atomic mass is 32.1. The van der Waals surface area contributed by atoms with Crippen LogP contribution >= 0.6 is 12.6 Å². The standard InChI is InChI=1S/C5H12S.5FH/c1-2-3-4-5-6;;;;;/h6H,2-5H2,1H3;5*1H. The number of halogens is 5. The maximum atomic E-state index is 4.05. The van der Waals surface area contributed by atoms with Crippen LogP contribution in [0.4, 0.5) is 23.5 Å². The van der Waals surface area contributed by atoms with Crippen molar-refractivity contribution in [2.75, 3.05) is 5.75 Å². The lowest BCUT2D eigenvalue weighted by molar-refractivity contribution is 0.780. The van der Waals surface area contributed by atoms with Crippen LogP contribution in [0.2, 0.25) is 0 Å². The van der Waals surface area contributed by atoms with Crippen molar-refractivity contribution in [3.8, 4) is 0 Å². The lowest BCUT2D eigenvalue weighted by Crippen LogP contribution is -1.70. The smallest absolute Gasteiger partial charge is 0.00979 e. The third-order valence-electron chi connectivity index (χ3n) is 0.762. The first kappa shape index (κ1) is 44.0. The fraction of sp³-hybridized carbons (Fsp3) is 1.00. The van der Waals surface area contributed by atoms with Gasteiger partial charge in [0.1, 0.15) is 0 Å². The molecule has 0 bridgehead atoms. The fourth-order valence-electron chi connectivity index (χ4n) is 0.362. The molecule has 0 aromatic heterocycles. The first-order chi connectivity index (χ1) is 2.91. The van der Waals surface area contributed by atoms with Gasteiger partial charge in [0.15, 0.2) is 0 Å². The Morgan fingerprint density at radius 3 is 1.27 bits per heavy atom. The molecule has 78 valence electrons. The van der Waals surface area contributed by atoms with Crippen LogP contribution in [-0.2, 0) is 0 Å². The van der Waals surface area contributed by atoms with Crippen molar-refractivity contribution in [2.24, 2.45) is 0 Å². The summed E-state index contributed by atoms with van der Waals surface area (Å²) in [6.07, 6.45) is 3.92. The van der Waals surface area contributed by atoms with Crippen LogP contribution in [0.25, 0.3) is 0 Å². The number of unbranched alkanes of at least 4 members (excludes halogenated alkanes) is 2. The molecule has 0 amide bonds. The first-order valence-corrected chi connectivity index (χ1v) is 3.16. The Morgan fingerprint density at radius 1 is 0.818 bits per heavy atom.